The van der Waals surface area contributed by atoms with Gasteiger partial charge in [0.1, 0.15) is 0 Å². The average Bonchev–Trinajstić information content (AvgIpc) is 2.15. The van der Waals surface area contributed by atoms with Crippen molar-refractivity contribution in [2.24, 2.45) is 0 Å². The Balaban J connectivity index is 3.61. The smallest absolute Gasteiger partial charge is 0.389 e. The van der Waals surface area contributed by atoms with E-state index in [4.69, 9.17) is 9.47 Å². The zero-order chi connectivity index (χ0) is 11.9. The lowest BCUT2D eigenvalue weighted by Crippen LogP contribution is -2.19. The first kappa shape index (κ1) is 14.7. The normalized spacial score (nSPS) is 14.6. The second kappa shape index (κ2) is 7.03. The summed E-state index contributed by atoms with van der Waals surface area (Å²) >= 11 is 0. The van der Waals surface area contributed by atoms with Gasteiger partial charge in [0, 0.05) is 27.1 Å². The van der Waals surface area contributed by atoms with Gasteiger partial charge in [0.05, 0.1) is 6.10 Å². The van der Waals surface area contributed by atoms with Crippen molar-refractivity contribution >= 4 is 0 Å². The molecule has 0 spiro atoms. The number of rotatable bonds is 7. The fraction of sp³-hybridized carbons (Fsp3) is 1.00. The van der Waals surface area contributed by atoms with Gasteiger partial charge in [-0.3, -0.25) is 0 Å². The van der Waals surface area contributed by atoms with E-state index in [0.717, 1.165) is 0 Å². The van der Waals surface area contributed by atoms with Crippen LogP contribution in [0, 0.1) is 0 Å². The van der Waals surface area contributed by atoms with Crippen LogP contribution in [-0.4, -0.2) is 37.9 Å². The van der Waals surface area contributed by atoms with Gasteiger partial charge in [-0.1, -0.05) is 0 Å². The highest BCUT2D eigenvalue weighted by atomic mass is 19.4. The molecule has 0 aliphatic heterocycles. The highest BCUT2D eigenvalue weighted by molar-refractivity contribution is 4.61. The minimum absolute atomic E-state index is 0.239. The number of hydrogen-bond donors (Lipinski definition) is 1. The first-order valence-electron chi connectivity index (χ1n) is 4.69. The van der Waals surface area contributed by atoms with Crippen molar-refractivity contribution in [1.82, 2.24) is 0 Å². The third kappa shape index (κ3) is 8.65. The first-order chi connectivity index (χ1) is 6.89. The van der Waals surface area contributed by atoms with E-state index in [1.54, 1.807) is 0 Å². The van der Waals surface area contributed by atoms with Gasteiger partial charge >= 0.3 is 6.18 Å². The third-order valence-electron chi connectivity index (χ3n) is 2.02. The summed E-state index contributed by atoms with van der Waals surface area (Å²) in [7, 11) is 2.88. The van der Waals surface area contributed by atoms with Crippen LogP contribution in [0.2, 0.25) is 0 Å². The lowest BCUT2D eigenvalue weighted by Gasteiger charge is -2.16. The minimum atomic E-state index is -4.21. The van der Waals surface area contributed by atoms with Crippen molar-refractivity contribution in [2.75, 3.05) is 14.2 Å². The molecule has 0 rings (SSSR count). The van der Waals surface area contributed by atoms with Crippen LogP contribution in [0.3, 0.4) is 0 Å². The number of aliphatic hydroxyl groups is 1. The summed E-state index contributed by atoms with van der Waals surface area (Å²) < 4.78 is 45.0. The van der Waals surface area contributed by atoms with E-state index in [9.17, 15) is 18.3 Å². The molecule has 0 aromatic heterocycles. The van der Waals surface area contributed by atoms with Crippen molar-refractivity contribution in [3.8, 4) is 0 Å². The van der Waals surface area contributed by atoms with E-state index in [1.807, 2.05) is 0 Å². The topological polar surface area (TPSA) is 38.7 Å². The molecule has 1 atom stereocenters. The number of ether oxygens (including phenoxy) is 2. The van der Waals surface area contributed by atoms with Crippen molar-refractivity contribution in [2.45, 2.75) is 44.3 Å². The van der Waals surface area contributed by atoms with Crippen molar-refractivity contribution in [3.05, 3.63) is 0 Å². The molecule has 0 fully saturated rings. The summed E-state index contributed by atoms with van der Waals surface area (Å²) in [4.78, 5) is 0. The molecule has 6 heteroatoms. The molecule has 0 radical (unpaired) electrons. The highest BCUT2D eigenvalue weighted by Gasteiger charge is 2.27. The number of alkyl halides is 3. The summed E-state index contributed by atoms with van der Waals surface area (Å²) in [6.45, 7) is 0. The lowest BCUT2D eigenvalue weighted by molar-refractivity contribution is -0.141. The summed E-state index contributed by atoms with van der Waals surface area (Å²) in [5.41, 5.74) is 0. The second-order valence-electron chi connectivity index (χ2n) is 3.29. The molecular formula is C9H17F3O3. The molecule has 3 nitrogen and oxygen atoms in total. The summed E-state index contributed by atoms with van der Waals surface area (Å²) in [5.74, 6) is 0. The van der Waals surface area contributed by atoms with Gasteiger partial charge in [0.15, 0.2) is 6.29 Å². The molecule has 0 unspecified atom stereocenters. The lowest BCUT2D eigenvalue weighted by atomic mass is 10.1. The predicted molar refractivity (Wildman–Crippen MR) is 48.3 cm³/mol. The number of aliphatic hydroxyl groups excluding tert-OH is 1. The Kier molecular flexibility index (Phi) is 6.87. The van der Waals surface area contributed by atoms with Gasteiger partial charge in [-0.2, -0.15) is 13.2 Å². The van der Waals surface area contributed by atoms with Gasteiger partial charge in [-0.15, -0.1) is 0 Å². The van der Waals surface area contributed by atoms with Crippen LogP contribution >= 0.6 is 0 Å². The van der Waals surface area contributed by atoms with Crippen molar-refractivity contribution in [3.63, 3.8) is 0 Å². The summed E-state index contributed by atoms with van der Waals surface area (Å²) in [6.07, 6.45) is -6.25. The molecule has 0 saturated carbocycles. The average molecular weight is 230 g/mol. The Morgan fingerprint density at radius 1 is 1.07 bits per heavy atom. The Hall–Kier alpha value is -0.330. The Morgan fingerprint density at radius 2 is 1.60 bits per heavy atom. The van der Waals surface area contributed by atoms with E-state index in [2.05, 4.69) is 0 Å². The molecule has 0 saturated heterocycles. The molecular weight excluding hydrogens is 213 g/mol. The quantitative estimate of drug-likeness (QED) is 0.680. The number of hydrogen-bond acceptors (Lipinski definition) is 3. The maximum Gasteiger partial charge on any atom is 0.389 e. The SMILES string of the molecule is COC(CC[C@H](O)CCC(F)(F)F)OC. The number of methoxy groups -OCH3 is 2. The zero-order valence-electron chi connectivity index (χ0n) is 8.88. The molecule has 0 bridgehead atoms. The molecule has 0 aromatic carbocycles. The van der Waals surface area contributed by atoms with E-state index in [-0.39, 0.29) is 12.8 Å². The first-order valence-corrected chi connectivity index (χ1v) is 4.69. The molecule has 92 valence electrons. The van der Waals surface area contributed by atoms with Crippen LogP contribution in [0.15, 0.2) is 0 Å². The molecule has 0 amide bonds. The molecule has 0 heterocycles. The van der Waals surface area contributed by atoms with E-state index >= 15 is 0 Å². The zero-order valence-corrected chi connectivity index (χ0v) is 8.88. The Morgan fingerprint density at radius 3 is 2.00 bits per heavy atom. The molecule has 1 N–H and O–H groups in total. The van der Waals surface area contributed by atoms with Gasteiger partial charge in [0.25, 0.3) is 0 Å². The summed E-state index contributed by atoms with van der Waals surface area (Å²) in [5, 5.41) is 9.24. The monoisotopic (exact) mass is 230 g/mol. The predicted octanol–water partition coefficient (Wildman–Crippen LogP) is 2.09. The van der Waals surface area contributed by atoms with Crippen LogP contribution in [0.1, 0.15) is 25.7 Å². The van der Waals surface area contributed by atoms with Gasteiger partial charge in [-0.05, 0) is 12.8 Å². The van der Waals surface area contributed by atoms with Gasteiger partial charge in [-0.25, -0.2) is 0 Å². The minimum Gasteiger partial charge on any atom is -0.393 e. The van der Waals surface area contributed by atoms with Crippen LogP contribution in [0.4, 0.5) is 13.2 Å². The highest BCUT2D eigenvalue weighted by Crippen LogP contribution is 2.23. The molecule has 15 heavy (non-hydrogen) atoms. The largest absolute Gasteiger partial charge is 0.393 e. The molecule has 0 aliphatic rings. The van der Waals surface area contributed by atoms with Crippen LogP contribution < -0.4 is 0 Å². The Labute approximate surface area is 87.2 Å². The van der Waals surface area contributed by atoms with E-state index in [1.165, 1.54) is 14.2 Å². The van der Waals surface area contributed by atoms with Crippen LogP contribution in [-0.2, 0) is 9.47 Å². The maximum atomic E-state index is 11.8. The second-order valence-corrected chi connectivity index (χ2v) is 3.29. The fourth-order valence-corrected chi connectivity index (χ4v) is 1.14. The summed E-state index contributed by atoms with van der Waals surface area (Å²) in [6, 6.07) is 0. The molecule has 0 aliphatic carbocycles. The Bertz CT molecular complexity index is 157. The van der Waals surface area contributed by atoms with E-state index < -0.39 is 25.0 Å². The third-order valence-corrected chi connectivity index (χ3v) is 2.02. The van der Waals surface area contributed by atoms with Gasteiger partial charge < -0.3 is 14.6 Å². The standard InChI is InChI=1S/C9H17F3O3/c1-14-8(15-2)4-3-7(13)5-6-9(10,11)12/h7-8,13H,3-6H2,1-2H3/t7-/m0/s1. The number of halogens is 3. The van der Waals surface area contributed by atoms with Crippen molar-refractivity contribution < 1.29 is 27.8 Å². The van der Waals surface area contributed by atoms with Crippen LogP contribution in [0.25, 0.3) is 0 Å². The maximum absolute atomic E-state index is 11.8. The molecule has 0 aromatic rings. The van der Waals surface area contributed by atoms with Crippen LogP contribution in [0.5, 0.6) is 0 Å². The van der Waals surface area contributed by atoms with Crippen molar-refractivity contribution in [1.29, 1.82) is 0 Å². The van der Waals surface area contributed by atoms with E-state index in [0.29, 0.717) is 6.42 Å². The fourth-order valence-electron chi connectivity index (χ4n) is 1.14. The van der Waals surface area contributed by atoms with Gasteiger partial charge in [0.2, 0.25) is 0 Å².